The molecule has 0 aliphatic heterocycles. The second-order valence-electron chi connectivity index (χ2n) is 4.00. The maximum atomic E-state index is 11.3. The Labute approximate surface area is 103 Å². The molecule has 6 heteroatoms. The van der Waals surface area contributed by atoms with Crippen molar-refractivity contribution < 1.29 is 14.3 Å². The fourth-order valence-corrected chi connectivity index (χ4v) is 1.13. The molecule has 1 amide bonds. The number of hydrogen-bond acceptors (Lipinski definition) is 4. The van der Waals surface area contributed by atoms with Crippen LogP contribution < -0.4 is 11.1 Å². The number of halogens is 1. The average Bonchev–Trinajstić information content (AvgIpc) is 2.14. The number of methoxy groups -OCH3 is 1. The summed E-state index contributed by atoms with van der Waals surface area (Å²) in [7, 11) is 1.30. The molecule has 0 unspecified atom stereocenters. The molecule has 0 aliphatic carbocycles. The minimum absolute atomic E-state index is 0. The van der Waals surface area contributed by atoms with Crippen molar-refractivity contribution in [2.75, 3.05) is 7.11 Å². The number of esters is 1. The summed E-state index contributed by atoms with van der Waals surface area (Å²) >= 11 is 0. The van der Waals surface area contributed by atoms with Gasteiger partial charge in [-0.2, -0.15) is 0 Å². The molecule has 0 aromatic heterocycles. The summed E-state index contributed by atoms with van der Waals surface area (Å²) in [6, 6.07) is -1.22. The van der Waals surface area contributed by atoms with Crippen molar-refractivity contribution in [2.24, 2.45) is 11.7 Å². The highest BCUT2D eigenvalue weighted by Crippen LogP contribution is 2.06. The van der Waals surface area contributed by atoms with Gasteiger partial charge in [0.05, 0.1) is 13.2 Å². The molecule has 0 rings (SSSR count). The number of nitrogens with two attached hydrogens (primary N) is 1. The number of carbonyl (C=O) groups is 2. The zero-order valence-electron chi connectivity index (χ0n) is 10.1. The summed E-state index contributed by atoms with van der Waals surface area (Å²) in [5.41, 5.74) is 5.39. The minimum atomic E-state index is -0.621. The predicted octanol–water partition coefficient (Wildman–Crippen LogP) is 0.459. The van der Waals surface area contributed by atoms with Crippen molar-refractivity contribution in [1.82, 2.24) is 5.32 Å². The van der Waals surface area contributed by atoms with E-state index in [9.17, 15) is 9.59 Å². The highest BCUT2D eigenvalue weighted by molar-refractivity contribution is 5.87. The molecule has 0 aliphatic rings. The van der Waals surface area contributed by atoms with Crippen molar-refractivity contribution in [3.8, 4) is 0 Å². The van der Waals surface area contributed by atoms with Crippen molar-refractivity contribution in [3.63, 3.8) is 0 Å². The van der Waals surface area contributed by atoms with Crippen LogP contribution in [0.25, 0.3) is 0 Å². The zero-order valence-corrected chi connectivity index (χ0v) is 11.0. The SMILES string of the molecule is COC(=O)[C@H](CC(C)C)NC(=O)[C@H](C)N.Cl. The third-order valence-corrected chi connectivity index (χ3v) is 1.92. The van der Waals surface area contributed by atoms with E-state index in [1.54, 1.807) is 6.92 Å². The Morgan fingerprint density at radius 2 is 1.81 bits per heavy atom. The van der Waals surface area contributed by atoms with Gasteiger partial charge in [0.1, 0.15) is 6.04 Å². The Balaban J connectivity index is 0. The Bertz CT molecular complexity index is 232. The van der Waals surface area contributed by atoms with E-state index >= 15 is 0 Å². The first-order valence-corrected chi connectivity index (χ1v) is 5.02. The summed E-state index contributed by atoms with van der Waals surface area (Å²) in [6.45, 7) is 5.50. The van der Waals surface area contributed by atoms with Gasteiger partial charge >= 0.3 is 5.97 Å². The minimum Gasteiger partial charge on any atom is -0.467 e. The van der Waals surface area contributed by atoms with Gasteiger partial charge in [-0.05, 0) is 19.3 Å². The predicted molar refractivity (Wildman–Crippen MR) is 64.3 cm³/mol. The number of carbonyl (C=O) groups excluding carboxylic acids is 2. The molecule has 96 valence electrons. The van der Waals surface area contributed by atoms with Gasteiger partial charge in [0.2, 0.25) is 5.91 Å². The van der Waals surface area contributed by atoms with Crippen LogP contribution in [0.4, 0.5) is 0 Å². The topological polar surface area (TPSA) is 81.4 Å². The van der Waals surface area contributed by atoms with Crippen LogP contribution in [0.3, 0.4) is 0 Å². The molecule has 0 aromatic carbocycles. The molecule has 3 N–H and O–H groups in total. The van der Waals surface area contributed by atoms with Crippen LogP contribution in [0, 0.1) is 5.92 Å². The lowest BCUT2D eigenvalue weighted by Crippen LogP contribution is -2.48. The zero-order chi connectivity index (χ0) is 12.0. The van der Waals surface area contributed by atoms with Crippen molar-refractivity contribution >= 4 is 24.3 Å². The maximum Gasteiger partial charge on any atom is 0.328 e. The van der Waals surface area contributed by atoms with Gasteiger partial charge in [-0.3, -0.25) is 4.79 Å². The van der Waals surface area contributed by atoms with Crippen molar-refractivity contribution in [2.45, 2.75) is 39.3 Å². The lowest BCUT2D eigenvalue weighted by molar-refractivity contribution is -0.145. The van der Waals surface area contributed by atoms with E-state index in [1.165, 1.54) is 7.11 Å². The quantitative estimate of drug-likeness (QED) is 0.697. The molecular formula is C10H21ClN2O3. The van der Waals surface area contributed by atoms with Gasteiger partial charge in [0.25, 0.3) is 0 Å². The lowest BCUT2D eigenvalue weighted by Gasteiger charge is -2.19. The Morgan fingerprint density at radius 3 is 2.12 bits per heavy atom. The Hall–Kier alpha value is -0.810. The van der Waals surface area contributed by atoms with E-state index in [4.69, 9.17) is 5.73 Å². The van der Waals surface area contributed by atoms with Gasteiger partial charge in [0.15, 0.2) is 0 Å². The first-order chi connectivity index (χ1) is 6.88. The first kappa shape index (κ1) is 17.6. The lowest BCUT2D eigenvalue weighted by atomic mass is 10.0. The fourth-order valence-electron chi connectivity index (χ4n) is 1.13. The molecule has 2 atom stereocenters. The normalized spacial score (nSPS) is 13.6. The molecule has 0 saturated carbocycles. The van der Waals surface area contributed by atoms with Crippen LogP contribution >= 0.6 is 12.4 Å². The summed E-state index contributed by atoms with van der Waals surface area (Å²) in [5, 5.41) is 2.56. The van der Waals surface area contributed by atoms with Crippen LogP contribution in [-0.4, -0.2) is 31.1 Å². The third-order valence-electron chi connectivity index (χ3n) is 1.92. The average molecular weight is 253 g/mol. The van der Waals surface area contributed by atoms with Crippen LogP contribution in [0.15, 0.2) is 0 Å². The van der Waals surface area contributed by atoms with Crippen molar-refractivity contribution in [1.29, 1.82) is 0 Å². The summed E-state index contributed by atoms with van der Waals surface area (Å²) in [5.74, 6) is -0.480. The second-order valence-corrected chi connectivity index (χ2v) is 4.00. The van der Waals surface area contributed by atoms with E-state index < -0.39 is 18.1 Å². The van der Waals surface area contributed by atoms with Crippen LogP contribution in [0.2, 0.25) is 0 Å². The number of hydrogen-bond donors (Lipinski definition) is 2. The van der Waals surface area contributed by atoms with Gasteiger partial charge < -0.3 is 15.8 Å². The Kier molecular flexibility index (Phi) is 9.18. The number of ether oxygens (including phenoxy) is 1. The summed E-state index contributed by atoms with van der Waals surface area (Å²) < 4.78 is 4.60. The van der Waals surface area contributed by atoms with Crippen molar-refractivity contribution in [3.05, 3.63) is 0 Å². The van der Waals surface area contributed by atoms with Crippen LogP contribution in [-0.2, 0) is 14.3 Å². The van der Waals surface area contributed by atoms with Gasteiger partial charge in [-0.25, -0.2) is 4.79 Å². The van der Waals surface area contributed by atoms with Crippen LogP contribution in [0.5, 0.6) is 0 Å². The van der Waals surface area contributed by atoms with E-state index in [0.29, 0.717) is 12.3 Å². The number of nitrogens with one attached hydrogen (secondary N) is 1. The number of rotatable bonds is 5. The van der Waals surface area contributed by atoms with Gasteiger partial charge in [-0.15, -0.1) is 12.4 Å². The Morgan fingerprint density at radius 1 is 1.31 bits per heavy atom. The standard InChI is InChI=1S/C10H20N2O3.ClH/c1-6(2)5-8(10(14)15-4)12-9(13)7(3)11;/h6-8H,5,11H2,1-4H3,(H,12,13);1H/t7-,8-;/m0./s1. The molecule has 0 fully saturated rings. The smallest absolute Gasteiger partial charge is 0.328 e. The van der Waals surface area contributed by atoms with E-state index in [0.717, 1.165) is 0 Å². The molecule has 0 radical (unpaired) electrons. The second kappa shape index (κ2) is 8.35. The van der Waals surface area contributed by atoms with E-state index in [1.807, 2.05) is 13.8 Å². The molecule has 0 heterocycles. The summed E-state index contributed by atoms with van der Waals surface area (Å²) in [4.78, 5) is 22.6. The van der Waals surface area contributed by atoms with E-state index in [-0.39, 0.29) is 18.3 Å². The maximum absolute atomic E-state index is 11.3. The molecule has 16 heavy (non-hydrogen) atoms. The third kappa shape index (κ3) is 6.63. The highest BCUT2D eigenvalue weighted by atomic mass is 35.5. The van der Waals surface area contributed by atoms with Crippen LogP contribution in [0.1, 0.15) is 27.2 Å². The van der Waals surface area contributed by atoms with Gasteiger partial charge in [0, 0.05) is 0 Å². The summed E-state index contributed by atoms with van der Waals surface area (Å²) in [6.07, 6.45) is 0.547. The highest BCUT2D eigenvalue weighted by Gasteiger charge is 2.23. The monoisotopic (exact) mass is 252 g/mol. The number of amides is 1. The fraction of sp³-hybridized carbons (Fsp3) is 0.800. The van der Waals surface area contributed by atoms with Gasteiger partial charge in [-0.1, -0.05) is 13.8 Å². The first-order valence-electron chi connectivity index (χ1n) is 5.02. The molecule has 0 spiro atoms. The molecule has 5 nitrogen and oxygen atoms in total. The molecule has 0 saturated heterocycles. The largest absolute Gasteiger partial charge is 0.467 e. The molecular weight excluding hydrogens is 232 g/mol. The molecule has 0 bridgehead atoms. The van der Waals surface area contributed by atoms with E-state index in [2.05, 4.69) is 10.1 Å². The molecule has 0 aromatic rings.